The molecule has 1 heterocycles. The third kappa shape index (κ3) is 5.43. The molecule has 0 aliphatic rings. The summed E-state index contributed by atoms with van der Waals surface area (Å²) in [4.78, 5) is 35.8. The molecule has 0 saturated carbocycles. The Morgan fingerprint density at radius 2 is 1.66 bits per heavy atom. The molecule has 0 saturated heterocycles. The minimum atomic E-state index is -0.647. The second-order valence-corrected chi connectivity index (χ2v) is 6.83. The molecule has 0 aliphatic heterocycles. The lowest BCUT2D eigenvalue weighted by molar-refractivity contribution is -0.119. The Balaban J connectivity index is 1.58. The maximum Gasteiger partial charge on any atom is 0.339 e. The van der Waals surface area contributed by atoms with E-state index in [1.807, 2.05) is 30.3 Å². The summed E-state index contributed by atoms with van der Waals surface area (Å²) in [5.74, 6) is -1.18. The minimum absolute atomic E-state index is 0.179. The molecule has 0 aliphatic carbocycles. The van der Waals surface area contributed by atoms with E-state index in [0.29, 0.717) is 21.9 Å². The first-order valence-electron chi connectivity index (χ1n) is 8.64. The number of amides is 2. The molecule has 1 aromatic heterocycles. The molecule has 0 spiro atoms. The largest absolute Gasteiger partial charge is 0.489 e. The van der Waals surface area contributed by atoms with Crippen molar-refractivity contribution in [3.05, 3.63) is 82.7 Å². The van der Waals surface area contributed by atoms with Gasteiger partial charge in [-0.1, -0.05) is 36.4 Å². The molecule has 0 radical (unpaired) electrons. The quantitative estimate of drug-likeness (QED) is 0.555. The standard InChI is InChI=1S/C21H18N2O5S/c22-19(25)17-10-11-29-20(17)23-18(24)13-28-21(26)16-9-5-4-6-14(16)12-27-15-7-2-1-3-8-15/h1-11H,12-13H2,(H2,22,25)(H,23,24). The summed E-state index contributed by atoms with van der Waals surface area (Å²) in [5.41, 5.74) is 6.39. The van der Waals surface area contributed by atoms with Crippen LogP contribution in [0.25, 0.3) is 0 Å². The number of hydrogen-bond acceptors (Lipinski definition) is 6. The Kier molecular flexibility index (Phi) is 6.59. The molecule has 2 aromatic carbocycles. The fourth-order valence-electron chi connectivity index (χ4n) is 2.49. The number of hydrogen-bond donors (Lipinski definition) is 2. The number of primary amides is 1. The van der Waals surface area contributed by atoms with E-state index in [4.69, 9.17) is 15.2 Å². The van der Waals surface area contributed by atoms with Crippen LogP contribution in [0.5, 0.6) is 5.75 Å². The van der Waals surface area contributed by atoms with Gasteiger partial charge in [-0.25, -0.2) is 4.79 Å². The van der Waals surface area contributed by atoms with Crippen LogP contribution in [0.4, 0.5) is 5.00 Å². The molecule has 2 amide bonds. The molecule has 29 heavy (non-hydrogen) atoms. The Morgan fingerprint density at radius 1 is 0.931 bits per heavy atom. The van der Waals surface area contributed by atoms with Gasteiger partial charge in [-0.05, 0) is 29.6 Å². The molecule has 8 heteroatoms. The topological polar surface area (TPSA) is 108 Å². The van der Waals surface area contributed by atoms with E-state index >= 15 is 0 Å². The van der Waals surface area contributed by atoms with Crippen molar-refractivity contribution in [1.82, 2.24) is 0 Å². The summed E-state index contributed by atoms with van der Waals surface area (Å²) in [6.45, 7) is -0.318. The van der Waals surface area contributed by atoms with Gasteiger partial charge in [0.15, 0.2) is 6.61 Å². The van der Waals surface area contributed by atoms with Gasteiger partial charge in [0.25, 0.3) is 11.8 Å². The van der Waals surface area contributed by atoms with E-state index in [2.05, 4.69) is 5.32 Å². The number of thiophene rings is 1. The molecule has 7 nitrogen and oxygen atoms in total. The zero-order valence-electron chi connectivity index (χ0n) is 15.3. The van der Waals surface area contributed by atoms with Crippen molar-refractivity contribution < 1.29 is 23.9 Å². The Labute approximate surface area is 171 Å². The first-order valence-corrected chi connectivity index (χ1v) is 9.52. The van der Waals surface area contributed by atoms with E-state index in [0.717, 1.165) is 11.3 Å². The third-order valence-corrected chi connectivity index (χ3v) is 4.72. The number of nitrogens with one attached hydrogen (secondary N) is 1. The molecule has 0 unspecified atom stereocenters. The van der Waals surface area contributed by atoms with Gasteiger partial charge in [0.1, 0.15) is 17.4 Å². The summed E-state index contributed by atoms with van der Waals surface area (Å²) >= 11 is 1.15. The predicted molar refractivity (Wildman–Crippen MR) is 109 cm³/mol. The minimum Gasteiger partial charge on any atom is -0.489 e. The fraction of sp³-hybridized carbons (Fsp3) is 0.0952. The monoisotopic (exact) mass is 410 g/mol. The van der Waals surface area contributed by atoms with Crippen molar-refractivity contribution in [3.63, 3.8) is 0 Å². The Hall–Kier alpha value is -3.65. The van der Waals surface area contributed by atoms with Gasteiger partial charge >= 0.3 is 5.97 Å². The second kappa shape index (κ2) is 9.52. The van der Waals surface area contributed by atoms with Crippen LogP contribution in [0.2, 0.25) is 0 Å². The first-order chi connectivity index (χ1) is 14.0. The molecule has 3 aromatic rings. The van der Waals surface area contributed by atoms with Gasteiger partial charge in [0.2, 0.25) is 0 Å². The van der Waals surface area contributed by atoms with Crippen LogP contribution in [-0.2, 0) is 16.1 Å². The zero-order valence-corrected chi connectivity index (χ0v) is 16.1. The molecule has 0 bridgehead atoms. The van der Waals surface area contributed by atoms with Gasteiger partial charge in [-0.3, -0.25) is 9.59 Å². The normalized spacial score (nSPS) is 10.2. The van der Waals surface area contributed by atoms with Crippen molar-refractivity contribution >= 4 is 34.1 Å². The molecule has 0 fully saturated rings. The summed E-state index contributed by atoms with van der Waals surface area (Å²) in [6.07, 6.45) is 0. The lowest BCUT2D eigenvalue weighted by Gasteiger charge is -2.11. The number of esters is 1. The fourth-order valence-corrected chi connectivity index (χ4v) is 3.30. The van der Waals surface area contributed by atoms with E-state index < -0.39 is 24.4 Å². The highest BCUT2D eigenvalue weighted by molar-refractivity contribution is 7.14. The Morgan fingerprint density at radius 3 is 2.41 bits per heavy atom. The van der Waals surface area contributed by atoms with Crippen LogP contribution in [-0.4, -0.2) is 24.4 Å². The maximum absolute atomic E-state index is 12.4. The highest BCUT2D eigenvalue weighted by Gasteiger charge is 2.16. The van der Waals surface area contributed by atoms with Crippen molar-refractivity contribution in [2.45, 2.75) is 6.61 Å². The number of carbonyl (C=O) groups is 3. The summed E-state index contributed by atoms with van der Waals surface area (Å²) < 4.78 is 10.8. The molecule has 148 valence electrons. The van der Waals surface area contributed by atoms with Gasteiger partial charge < -0.3 is 20.5 Å². The van der Waals surface area contributed by atoms with Gasteiger partial charge in [0.05, 0.1) is 11.1 Å². The Bertz CT molecular complexity index is 1020. The van der Waals surface area contributed by atoms with Crippen molar-refractivity contribution in [2.24, 2.45) is 5.73 Å². The number of nitrogens with two attached hydrogens (primary N) is 1. The van der Waals surface area contributed by atoms with E-state index in [1.54, 1.807) is 29.6 Å². The van der Waals surface area contributed by atoms with E-state index in [1.165, 1.54) is 6.07 Å². The number of para-hydroxylation sites is 1. The number of benzene rings is 2. The van der Waals surface area contributed by atoms with Crippen molar-refractivity contribution in [3.8, 4) is 5.75 Å². The summed E-state index contributed by atoms with van der Waals surface area (Å²) in [5, 5.41) is 4.46. The third-order valence-electron chi connectivity index (χ3n) is 3.89. The second-order valence-electron chi connectivity index (χ2n) is 5.91. The average molecular weight is 410 g/mol. The highest BCUT2D eigenvalue weighted by Crippen LogP contribution is 2.22. The van der Waals surface area contributed by atoms with E-state index in [9.17, 15) is 14.4 Å². The SMILES string of the molecule is NC(=O)c1ccsc1NC(=O)COC(=O)c1ccccc1COc1ccccc1. The number of ether oxygens (including phenoxy) is 2. The van der Waals surface area contributed by atoms with Crippen LogP contribution >= 0.6 is 11.3 Å². The lowest BCUT2D eigenvalue weighted by Crippen LogP contribution is -2.22. The average Bonchev–Trinajstić information content (AvgIpc) is 3.20. The van der Waals surface area contributed by atoms with Gasteiger partial charge in [-0.2, -0.15) is 0 Å². The lowest BCUT2D eigenvalue weighted by atomic mass is 10.1. The van der Waals surface area contributed by atoms with Crippen LogP contribution in [0, 0.1) is 0 Å². The van der Waals surface area contributed by atoms with Crippen LogP contribution < -0.4 is 15.8 Å². The van der Waals surface area contributed by atoms with Crippen LogP contribution in [0.15, 0.2) is 66.0 Å². The van der Waals surface area contributed by atoms with Gasteiger partial charge in [0, 0.05) is 5.56 Å². The molecular formula is C21H18N2O5S. The molecule has 0 atom stereocenters. The van der Waals surface area contributed by atoms with Crippen molar-refractivity contribution in [1.29, 1.82) is 0 Å². The van der Waals surface area contributed by atoms with Gasteiger partial charge in [-0.15, -0.1) is 11.3 Å². The molecular weight excluding hydrogens is 392 g/mol. The number of anilines is 1. The maximum atomic E-state index is 12.4. The predicted octanol–water partition coefficient (Wildman–Crippen LogP) is 3.22. The summed E-state index contributed by atoms with van der Waals surface area (Å²) in [7, 11) is 0. The first kappa shape index (κ1) is 20.1. The van der Waals surface area contributed by atoms with Crippen LogP contribution in [0.3, 0.4) is 0 Å². The summed E-state index contributed by atoms with van der Waals surface area (Å²) in [6, 6.07) is 17.6. The molecule has 3 N–H and O–H groups in total. The zero-order chi connectivity index (χ0) is 20.6. The smallest absolute Gasteiger partial charge is 0.339 e. The van der Waals surface area contributed by atoms with E-state index in [-0.39, 0.29) is 12.2 Å². The van der Waals surface area contributed by atoms with Crippen LogP contribution in [0.1, 0.15) is 26.3 Å². The number of rotatable bonds is 8. The van der Waals surface area contributed by atoms with Crippen molar-refractivity contribution in [2.75, 3.05) is 11.9 Å². The number of carbonyl (C=O) groups excluding carboxylic acids is 3. The molecule has 3 rings (SSSR count). The highest BCUT2D eigenvalue weighted by atomic mass is 32.1.